The number of carbonyl (C=O) groups excluding carboxylic acids is 2. The quantitative estimate of drug-likeness (QED) is 0.317. The van der Waals surface area contributed by atoms with Crippen molar-refractivity contribution >= 4 is 19.4 Å². The lowest BCUT2D eigenvalue weighted by Crippen LogP contribution is -2.65. The van der Waals surface area contributed by atoms with Crippen molar-refractivity contribution in [3.8, 4) is 0 Å². The van der Waals surface area contributed by atoms with Crippen LogP contribution in [0.3, 0.4) is 0 Å². The lowest BCUT2D eigenvalue weighted by atomic mass is 9.51. The molecule has 3 saturated carbocycles. The Labute approximate surface area is 193 Å². The number of phosphoric acid groups is 1. The third kappa shape index (κ3) is 4.56. The van der Waals surface area contributed by atoms with Crippen molar-refractivity contribution in [2.45, 2.75) is 76.7 Å². The zero-order valence-corrected chi connectivity index (χ0v) is 20.1. The van der Waals surface area contributed by atoms with Gasteiger partial charge in [0, 0.05) is 11.8 Å². The van der Waals surface area contributed by atoms with E-state index in [-0.39, 0.29) is 18.6 Å². The molecule has 186 valence electrons. The number of hydrogen-bond acceptors (Lipinski definition) is 6. The van der Waals surface area contributed by atoms with E-state index in [0.29, 0.717) is 31.3 Å². The smallest absolute Gasteiger partial charge is 0.390 e. The summed E-state index contributed by atoms with van der Waals surface area (Å²) < 4.78 is 31.8. The van der Waals surface area contributed by atoms with Gasteiger partial charge in [-0.15, -0.1) is 0 Å². The lowest BCUT2D eigenvalue weighted by molar-refractivity contribution is -0.199. The Hall–Kier alpha value is -1.22. The Morgan fingerprint density at radius 3 is 2.58 bits per heavy atom. The first-order valence-electron chi connectivity index (χ1n) is 11.4. The molecule has 3 aliphatic carbocycles. The van der Waals surface area contributed by atoms with Crippen molar-refractivity contribution in [1.29, 1.82) is 0 Å². The summed E-state index contributed by atoms with van der Waals surface area (Å²) in [6.07, 6.45) is 4.74. The molecular formula is C23H34FO8P. The molecule has 0 spiro atoms. The standard InChI is InChI=1S/C23H34FO8P/c1-4-5-6-16(25)10-15-7-8-17-18-9-14(2)23(28,20(27)13-32-33(29,30)31)21(18,3)12-19(26)22(17,24)11-15/h5-6,10,14,17-19,26,28H,4,7-9,11-13H2,1-3H3,(H2,29,30,31)/b6-5-,15-10-/t14-,17?,18?,19-,21-,22-,23-/m0/s1. The molecule has 8 nitrogen and oxygen atoms in total. The first-order chi connectivity index (χ1) is 15.2. The zero-order chi connectivity index (χ0) is 24.8. The highest BCUT2D eigenvalue weighted by atomic mass is 31.2. The summed E-state index contributed by atoms with van der Waals surface area (Å²) in [4.78, 5) is 42.9. The van der Waals surface area contributed by atoms with Crippen molar-refractivity contribution in [1.82, 2.24) is 0 Å². The number of carbonyl (C=O) groups is 2. The number of ketones is 2. The van der Waals surface area contributed by atoms with Crippen LogP contribution in [0.2, 0.25) is 0 Å². The van der Waals surface area contributed by atoms with Crippen LogP contribution < -0.4 is 0 Å². The maximum absolute atomic E-state index is 16.3. The molecule has 3 fully saturated rings. The zero-order valence-electron chi connectivity index (χ0n) is 19.2. The predicted molar refractivity (Wildman–Crippen MR) is 118 cm³/mol. The van der Waals surface area contributed by atoms with Crippen LogP contribution in [0.15, 0.2) is 23.8 Å². The highest BCUT2D eigenvalue weighted by Crippen LogP contribution is 2.67. The minimum absolute atomic E-state index is 0.0841. The molecule has 0 aromatic carbocycles. The maximum atomic E-state index is 16.3. The SMILES string of the molecule is CC/C=C\C(=O)/C=C1/CCC2C3C[C@H](C)[C@](O)(C(=O)COP(=O)(O)O)[C@@]3(C)C[C@H](O)[C@]2(F)C1. The fourth-order valence-electron chi connectivity index (χ4n) is 6.65. The van der Waals surface area contributed by atoms with Gasteiger partial charge < -0.3 is 20.0 Å². The Kier molecular flexibility index (Phi) is 7.27. The summed E-state index contributed by atoms with van der Waals surface area (Å²) in [7, 11) is -4.92. The molecule has 0 bridgehead atoms. The molecule has 4 N–H and O–H groups in total. The molecule has 33 heavy (non-hydrogen) atoms. The monoisotopic (exact) mass is 488 g/mol. The number of halogens is 1. The van der Waals surface area contributed by atoms with Crippen LogP contribution in [-0.2, 0) is 18.7 Å². The van der Waals surface area contributed by atoms with E-state index < -0.39 is 60.8 Å². The van der Waals surface area contributed by atoms with Gasteiger partial charge >= 0.3 is 7.82 Å². The number of rotatable bonds is 7. The summed E-state index contributed by atoms with van der Waals surface area (Å²) in [5.41, 5.74) is -4.57. The van der Waals surface area contributed by atoms with Gasteiger partial charge in [0.25, 0.3) is 0 Å². The lowest BCUT2D eigenvalue weighted by Gasteiger charge is -2.57. The summed E-state index contributed by atoms with van der Waals surface area (Å²) in [5, 5.41) is 22.5. The van der Waals surface area contributed by atoms with E-state index in [9.17, 15) is 24.4 Å². The van der Waals surface area contributed by atoms with E-state index in [1.165, 1.54) is 12.2 Å². The molecule has 0 heterocycles. The van der Waals surface area contributed by atoms with Gasteiger partial charge in [-0.2, -0.15) is 0 Å². The molecule has 0 radical (unpaired) electrons. The summed E-state index contributed by atoms with van der Waals surface area (Å²) >= 11 is 0. The van der Waals surface area contributed by atoms with E-state index in [1.807, 2.05) is 6.92 Å². The van der Waals surface area contributed by atoms with Crippen LogP contribution in [0.4, 0.5) is 4.39 Å². The third-order valence-electron chi connectivity index (χ3n) is 8.21. The molecule has 0 amide bonds. The van der Waals surface area contributed by atoms with Gasteiger partial charge in [0.15, 0.2) is 11.6 Å². The minimum atomic E-state index is -4.92. The van der Waals surface area contributed by atoms with E-state index in [4.69, 9.17) is 9.79 Å². The van der Waals surface area contributed by atoms with Gasteiger partial charge in [-0.1, -0.05) is 32.4 Å². The fraction of sp³-hybridized carbons (Fsp3) is 0.739. The first kappa shape index (κ1) is 26.4. The topological polar surface area (TPSA) is 141 Å². The van der Waals surface area contributed by atoms with Gasteiger partial charge in [0.05, 0.1) is 6.10 Å². The second-order valence-corrected chi connectivity index (χ2v) is 11.3. The molecule has 3 rings (SSSR count). The molecule has 3 aliphatic rings. The van der Waals surface area contributed by atoms with Crippen LogP contribution in [0.1, 0.15) is 59.3 Å². The van der Waals surface area contributed by atoms with Crippen LogP contribution in [0.25, 0.3) is 0 Å². The predicted octanol–water partition coefficient (Wildman–Crippen LogP) is 2.79. The average Bonchev–Trinajstić information content (AvgIpc) is 2.91. The number of phosphoric ester groups is 1. The molecular weight excluding hydrogens is 454 g/mol. The number of allylic oxidation sites excluding steroid dienone is 4. The summed E-state index contributed by atoms with van der Waals surface area (Å²) in [6.45, 7) is 4.22. The van der Waals surface area contributed by atoms with Gasteiger partial charge in [-0.25, -0.2) is 8.96 Å². The maximum Gasteiger partial charge on any atom is 0.470 e. The van der Waals surface area contributed by atoms with E-state index in [1.54, 1.807) is 19.9 Å². The van der Waals surface area contributed by atoms with Crippen LogP contribution in [0.5, 0.6) is 0 Å². The largest absolute Gasteiger partial charge is 0.470 e. The number of alkyl halides is 1. The van der Waals surface area contributed by atoms with Crippen LogP contribution in [0, 0.1) is 23.2 Å². The minimum Gasteiger partial charge on any atom is -0.390 e. The van der Waals surface area contributed by atoms with Crippen molar-refractivity contribution in [3.05, 3.63) is 23.8 Å². The van der Waals surface area contributed by atoms with Crippen molar-refractivity contribution in [3.63, 3.8) is 0 Å². The number of fused-ring (bicyclic) bond motifs is 3. The molecule has 2 unspecified atom stereocenters. The molecule has 0 aromatic heterocycles. The number of hydrogen-bond donors (Lipinski definition) is 4. The molecule has 7 atom stereocenters. The number of aliphatic hydroxyl groups excluding tert-OH is 1. The van der Waals surface area contributed by atoms with Crippen molar-refractivity contribution < 1.29 is 43.1 Å². The van der Waals surface area contributed by atoms with Crippen molar-refractivity contribution in [2.24, 2.45) is 23.2 Å². The molecule has 0 aliphatic heterocycles. The number of aliphatic hydroxyl groups is 2. The number of Topliss-reactive ketones (excluding diaryl/α,β-unsaturated/α-hetero) is 1. The molecule has 10 heteroatoms. The van der Waals surface area contributed by atoms with Crippen molar-refractivity contribution in [2.75, 3.05) is 6.61 Å². The van der Waals surface area contributed by atoms with E-state index >= 15 is 4.39 Å². The first-order valence-corrected chi connectivity index (χ1v) is 12.9. The van der Waals surface area contributed by atoms with E-state index in [0.717, 1.165) is 0 Å². The van der Waals surface area contributed by atoms with Gasteiger partial charge in [0.1, 0.15) is 17.9 Å². The second-order valence-electron chi connectivity index (χ2n) is 10.1. The van der Waals surface area contributed by atoms with E-state index in [2.05, 4.69) is 4.52 Å². The Bertz CT molecular complexity index is 912. The van der Waals surface area contributed by atoms with Gasteiger partial charge in [-0.3, -0.25) is 14.1 Å². The molecule has 0 aromatic rings. The fourth-order valence-corrected chi connectivity index (χ4v) is 6.93. The summed E-state index contributed by atoms with van der Waals surface area (Å²) in [6, 6.07) is 0. The van der Waals surface area contributed by atoms with Crippen LogP contribution >= 0.6 is 7.82 Å². The Balaban J connectivity index is 1.88. The van der Waals surface area contributed by atoms with Gasteiger partial charge in [-0.05, 0) is 62.0 Å². The second kappa shape index (κ2) is 9.10. The Morgan fingerprint density at radius 1 is 1.30 bits per heavy atom. The normalized spacial score (nSPS) is 42.4. The van der Waals surface area contributed by atoms with Gasteiger partial charge in [0.2, 0.25) is 0 Å². The highest BCUT2D eigenvalue weighted by Gasteiger charge is 2.72. The Morgan fingerprint density at radius 2 is 1.97 bits per heavy atom. The molecule has 0 saturated heterocycles. The highest BCUT2D eigenvalue weighted by molar-refractivity contribution is 7.46. The third-order valence-corrected chi connectivity index (χ3v) is 8.68. The summed E-state index contributed by atoms with van der Waals surface area (Å²) in [5.74, 6) is -2.78. The average molecular weight is 488 g/mol. The van der Waals surface area contributed by atoms with Crippen LogP contribution in [-0.4, -0.2) is 55.5 Å².